The highest BCUT2D eigenvalue weighted by Crippen LogP contribution is 2.07. The lowest BCUT2D eigenvalue weighted by atomic mass is 10.1. The molecule has 0 fully saturated rings. The zero-order chi connectivity index (χ0) is 13.4. The smallest absolute Gasteiger partial charge is 0.188 e. The molecule has 0 saturated heterocycles. The van der Waals surface area contributed by atoms with E-state index >= 15 is 0 Å². The average Bonchev–Trinajstić information content (AvgIpc) is 2.35. The van der Waals surface area contributed by atoms with Gasteiger partial charge in [0.15, 0.2) is 5.96 Å². The molecule has 1 rings (SSSR count). The van der Waals surface area contributed by atoms with Gasteiger partial charge in [-0.3, -0.25) is 0 Å². The lowest BCUT2D eigenvalue weighted by Gasteiger charge is -2.09. The maximum absolute atomic E-state index is 5.74. The summed E-state index contributed by atoms with van der Waals surface area (Å²) in [4.78, 5) is 6.45. The molecule has 0 unspecified atom stereocenters. The van der Waals surface area contributed by atoms with E-state index in [0.717, 1.165) is 19.5 Å². The third-order valence-electron chi connectivity index (χ3n) is 2.51. The van der Waals surface area contributed by atoms with Crippen molar-refractivity contribution in [3.63, 3.8) is 0 Å². The standard InChI is InChI=1S/C14H24N4/c1-4-9-16-14(15)17-10-12-5-7-13(8-6-12)11-18(2)3/h5-8H,4,9-11H2,1-3H3,(H3,15,16,17). The van der Waals surface area contributed by atoms with Gasteiger partial charge in [-0.2, -0.15) is 0 Å². The van der Waals surface area contributed by atoms with Gasteiger partial charge in [0.1, 0.15) is 0 Å². The SMILES string of the molecule is CCCNC(N)=NCc1ccc(CN(C)C)cc1. The first-order valence-corrected chi connectivity index (χ1v) is 6.38. The summed E-state index contributed by atoms with van der Waals surface area (Å²) in [6, 6.07) is 8.49. The van der Waals surface area contributed by atoms with Crippen LogP contribution in [0.3, 0.4) is 0 Å². The van der Waals surface area contributed by atoms with Crippen molar-refractivity contribution >= 4 is 5.96 Å². The quantitative estimate of drug-likeness (QED) is 0.593. The fourth-order valence-corrected chi connectivity index (χ4v) is 1.60. The Morgan fingerprint density at radius 2 is 1.83 bits per heavy atom. The summed E-state index contributed by atoms with van der Waals surface area (Å²) in [5.41, 5.74) is 8.23. The fraction of sp³-hybridized carbons (Fsp3) is 0.500. The third-order valence-corrected chi connectivity index (χ3v) is 2.51. The van der Waals surface area contributed by atoms with Crippen molar-refractivity contribution in [1.82, 2.24) is 10.2 Å². The van der Waals surface area contributed by atoms with E-state index < -0.39 is 0 Å². The second-order valence-electron chi connectivity index (χ2n) is 4.68. The molecule has 0 radical (unpaired) electrons. The van der Waals surface area contributed by atoms with E-state index in [1.54, 1.807) is 0 Å². The van der Waals surface area contributed by atoms with Crippen LogP contribution < -0.4 is 11.1 Å². The second kappa shape index (κ2) is 7.71. The lowest BCUT2D eigenvalue weighted by Crippen LogP contribution is -2.32. The Kier molecular flexibility index (Phi) is 6.22. The Morgan fingerprint density at radius 3 is 2.39 bits per heavy atom. The highest BCUT2D eigenvalue weighted by Gasteiger charge is 1.96. The molecule has 4 nitrogen and oxygen atoms in total. The van der Waals surface area contributed by atoms with Gasteiger partial charge in [0.05, 0.1) is 6.54 Å². The first-order chi connectivity index (χ1) is 8.61. The summed E-state index contributed by atoms with van der Waals surface area (Å²) in [5, 5.41) is 3.06. The average molecular weight is 248 g/mol. The van der Waals surface area contributed by atoms with Crippen LogP contribution >= 0.6 is 0 Å². The predicted molar refractivity (Wildman–Crippen MR) is 77.5 cm³/mol. The number of nitrogens with two attached hydrogens (primary N) is 1. The zero-order valence-electron chi connectivity index (χ0n) is 11.6. The van der Waals surface area contributed by atoms with Gasteiger partial charge in [-0.15, -0.1) is 0 Å². The van der Waals surface area contributed by atoms with Crippen molar-refractivity contribution in [2.24, 2.45) is 10.7 Å². The third kappa shape index (κ3) is 5.68. The zero-order valence-corrected chi connectivity index (χ0v) is 11.6. The molecule has 100 valence electrons. The van der Waals surface area contributed by atoms with Crippen molar-refractivity contribution in [3.05, 3.63) is 35.4 Å². The summed E-state index contributed by atoms with van der Waals surface area (Å²) in [7, 11) is 4.14. The predicted octanol–water partition coefficient (Wildman–Crippen LogP) is 1.56. The Morgan fingerprint density at radius 1 is 1.22 bits per heavy atom. The van der Waals surface area contributed by atoms with Crippen LogP contribution in [-0.2, 0) is 13.1 Å². The molecule has 1 aromatic rings. The maximum Gasteiger partial charge on any atom is 0.188 e. The van der Waals surface area contributed by atoms with E-state index in [1.807, 2.05) is 0 Å². The van der Waals surface area contributed by atoms with E-state index in [1.165, 1.54) is 11.1 Å². The number of rotatable bonds is 6. The molecule has 0 aromatic heterocycles. The number of nitrogens with zero attached hydrogens (tertiary/aromatic N) is 2. The first-order valence-electron chi connectivity index (χ1n) is 6.38. The van der Waals surface area contributed by atoms with Crippen molar-refractivity contribution in [2.45, 2.75) is 26.4 Å². The Balaban J connectivity index is 2.48. The van der Waals surface area contributed by atoms with Crippen LogP contribution in [0, 0.1) is 0 Å². The summed E-state index contributed by atoms with van der Waals surface area (Å²) >= 11 is 0. The summed E-state index contributed by atoms with van der Waals surface area (Å²) in [6.07, 6.45) is 1.05. The molecular weight excluding hydrogens is 224 g/mol. The Hall–Kier alpha value is -1.55. The molecule has 0 amide bonds. The number of benzene rings is 1. The Labute approximate surface area is 110 Å². The minimum Gasteiger partial charge on any atom is -0.370 e. The van der Waals surface area contributed by atoms with Crippen molar-refractivity contribution in [1.29, 1.82) is 0 Å². The number of nitrogens with one attached hydrogen (secondary N) is 1. The minimum atomic E-state index is 0.522. The molecule has 0 saturated carbocycles. The van der Waals surface area contributed by atoms with Crippen LogP contribution in [0.15, 0.2) is 29.3 Å². The van der Waals surface area contributed by atoms with E-state index in [4.69, 9.17) is 5.73 Å². The molecule has 0 bridgehead atoms. The monoisotopic (exact) mass is 248 g/mol. The van der Waals surface area contributed by atoms with E-state index in [0.29, 0.717) is 12.5 Å². The molecule has 0 aliphatic carbocycles. The van der Waals surface area contributed by atoms with Gasteiger partial charge in [0, 0.05) is 13.1 Å². The maximum atomic E-state index is 5.74. The molecule has 0 aliphatic heterocycles. The molecule has 0 spiro atoms. The normalized spacial score (nSPS) is 11.9. The summed E-state index contributed by atoms with van der Waals surface area (Å²) < 4.78 is 0. The van der Waals surface area contributed by atoms with Crippen LogP contribution in [0.25, 0.3) is 0 Å². The van der Waals surface area contributed by atoms with Crippen LogP contribution in [-0.4, -0.2) is 31.5 Å². The highest BCUT2D eigenvalue weighted by atomic mass is 15.1. The van der Waals surface area contributed by atoms with Gasteiger partial charge < -0.3 is 16.0 Å². The topological polar surface area (TPSA) is 53.6 Å². The molecule has 0 atom stereocenters. The number of guanidine groups is 1. The molecule has 3 N–H and O–H groups in total. The fourth-order valence-electron chi connectivity index (χ4n) is 1.60. The van der Waals surface area contributed by atoms with Crippen LogP contribution in [0.4, 0.5) is 0 Å². The number of hydrogen-bond donors (Lipinski definition) is 2. The van der Waals surface area contributed by atoms with Gasteiger partial charge in [-0.05, 0) is 31.6 Å². The van der Waals surface area contributed by atoms with Gasteiger partial charge in [0.25, 0.3) is 0 Å². The molecule has 4 heteroatoms. The van der Waals surface area contributed by atoms with Gasteiger partial charge in [-0.25, -0.2) is 4.99 Å². The van der Waals surface area contributed by atoms with Gasteiger partial charge in [-0.1, -0.05) is 31.2 Å². The number of hydrogen-bond acceptors (Lipinski definition) is 2. The van der Waals surface area contributed by atoms with E-state index in [9.17, 15) is 0 Å². The minimum absolute atomic E-state index is 0.522. The Bertz CT molecular complexity index is 368. The van der Waals surface area contributed by atoms with Gasteiger partial charge >= 0.3 is 0 Å². The largest absolute Gasteiger partial charge is 0.370 e. The molecular formula is C14H24N4. The van der Waals surface area contributed by atoms with Crippen molar-refractivity contribution in [3.8, 4) is 0 Å². The molecule has 1 aromatic carbocycles. The highest BCUT2D eigenvalue weighted by molar-refractivity contribution is 5.77. The molecule has 0 aliphatic rings. The molecule has 18 heavy (non-hydrogen) atoms. The van der Waals surface area contributed by atoms with E-state index in [2.05, 4.69) is 60.5 Å². The lowest BCUT2D eigenvalue weighted by molar-refractivity contribution is 0.402. The van der Waals surface area contributed by atoms with Gasteiger partial charge in [0.2, 0.25) is 0 Å². The van der Waals surface area contributed by atoms with Crippen LogP contribution in [0.5, 0.6) is 0 Å². The number of aliphatic imine (C=N–C) groups is 1. The summed E-state index contributed by atoms with van der Waals surface area (Å²) in [6.45, 7) is 4.56. The summed E-state index contributed by atoms with van der Waals surface area (Å²) in [5.74, 6) is 0.522. The second-order valence-corrected chi connectivity index (χ2v) is 4.68. The van der Waals surface area contributed by atoms with Crippen LogP contribution in [0.2, 0.25) is 0 Å². The van der Waals surface area contributed by atoms with E-state index in [-0.39, 0.29) is 0 Å². The van der Waals surface area contributed by atoms with Crippen molar-refractivity contribution in [2.75, 3.05) is 20.6 Å². The molecule has 0 heterocycles. The van der Waals surface area contributed by atoms with Crippen LogP contribution in [0.1, 0.15) is 24.5 Å². The first kappa shape index (κ1) is 14.5. The van der Waals surface area contributed by atoms with Crippen molar-refractivity contribution < 1.29 is 0 Å².